The molecule has 0 radical (unpaired) electrons. The molecule has 15 heavy (non-hydrogen) atoms. The summed E-state index contributed by atoms with van der Waals surface area (Å²) >= 11 is 0. The van der Waals surface area contributed by atoms with E-state index in [0.717, 1.165) is 0 Å². The predicted molar refractivity (Wildman–Crippen MR) is 55.3 cm³/mol. The molecule has 0 aliphatic rings. The van der Waals surface area contributed by atoms with Crippen LogP contribution in [0.15, 0.2) is 0 Å². The Morgan fingerprint density at radius 1 is 1.33 bits per heavy atom. The van der Waals surface area contributed by atoms with Gasteiger partial charge in [0.25, 0.3) is 0 Å². The highest BCUT2D eigenvalue weighted by Crippen LogP contribution is 2.02. The smallest absolute Gasteiger partial charge is 0.234 e. The number of nitrogens with one attached hydrogen (secondary N) is 1. The van der Waals surface area contributed by atoms with Crippen molar-refractivity contribution in [2.75, 3.05) is 34.5 Å². The summed E-state index contributed by atoms with van der Waals surface area (Å²) in [6.07, 6.45) is -0.0518. The zero-order valence-corrected chi connectivity index (χ0v) is 9.49. The third kappa shape index (κ3) is 6.40. The van der Waals surface area contributed by atoms with Gasteiger partial charge >= 0.3 is 0 Å². The minimum atomic E-state index is -0.468. The van der Waals surface area contributed by atoms with E-state index >= 15 is 0 Å². The SMILES string of the molecule is COCCNC(CC(OC)OC)C(N)=O. The molecule has 6 heteroatoms. The lowest BCUT2D eigenvalue weighted by atomic mass is 10.2. The maximum absolute atomic E-state index is 11.1. The number of rotatable bonds is 9. The molecule has 3 N–H and O–H groups in total. The summed E-state index contributed by atoms with van der Waals surface area (Å²) in [7, 11) is 4.62. The fraction of sp³-hybridized carbons (Fsp3) is 0.889. The van der Waals surface area contributed by atoms with E-state index < -0.39 is 18.2 Å². The first kappa shape index (κ1) is 14.3. The molecule has 0 saturated heterocycles. The number of amides is 1. The third-order valence-electron chi connectivity index (χ3n) is 1.99. The predicted octanol–water partition coefficient (Wildman–Crippen LogP) is -0.915. The summed E-state index contributed by atoms with van der Waals surface area (Å²) in [4.78, 5) is 11.1. The van der Waals surface area contributed by atoms with Gasteiger partial charge in [0.05, 0.1) is 12.6 Å². The number of hydrogen-bond donors (Lipinski definition) is 2. The Labute approximate surface area is 90.1 Å². The lowest BCUT2D eigenvalue weighted by Crippen LogP contribution is -2.45. The van der Waals surface area contributed by atoms with Crippen LogP contribution in [-0.4, -0.2) is 52.7 Å². The zero-order valence-electron chi connectivity index (χ0n) is 9.49. The third-order valence-corrected chi connectivity index (χ3v) is 1.99. The Bertz CT molecular complexity index is 173. The Balaban J connectivity index is 3.97. The molecule has 0 fully saturated rings. The fourth-order valence-electron chi connectivity index (χ4n) is 1.12. The van der Waals surface area contributed by atoms with Gasteiger partial charge in [-0.05, 0) is 0 Å². The van der Waals surface area contributed by atoms with Gasteiger partial charge in [0, 0.05) is 34.3 Å². The molecule has 0 saturated carbocycles. The first-order valence-corrected chi connectivity index (χ1v) is 4.73. The van der Waals surface area contributed by atoms with Crippen LogP contribution in [0.5, 0.6) is 0 Å². The zero-order chi connectivity index (χ0) is 11.7. The molecule has 0 aromatic rings. The van der Waals surface area contributed by atoms with Crippen molar-refractivity contribution in [3.05, 3.63) is 0 Å². The van der Waals surface area contributed by atoms with Crippen molar-refractivity contribution in [1.82, 2.24) is 5.32 Å². The molecule has 0 heterocycles. The molecule has 0 rings (SSSR count). The molecular weight excluding hydrogens is 200 g/mol. The highest BCUT2D eigenvalue weighted by Gasteiger charge is 2.19. The maximum atomic E-state index is 11.1. The molecule has 0 aliphatic carbocycles. The molecule has 6 nitrogen and oxygen atoms in total. The second-order valence-corrected chi connectivity index (χ2v) is 3.04. The van der Waals surface area contributed by atoms with Crippen LogP contribution < -0.4 is 11.1 Å². The van der Waals surface area contributed by atoms with Crippen molar-refractivity contribution < 1.29 is 19.0 Å². The van der Waals surface area contributed by atoms with Crippen LogP contribution in [0.1, 0.15) is 6.42 Å². The van der Waals surface area contributed by atoms with E-state index in [9.17, 15) is 4.79 Å². The number of ether oxygens (including phenoxy) is 3. The summed E-state index contributed by atoms with van der Waals surface area (Å²) in [6.45, 7) is 1.08. The van der Waals surface area contributed by atoms with E-state index in [2.05, 4.69) is 5.32 Å². The first-order valence-electron chi connectivity index (χ1n) is 4.73. The van der Waals surface area contributed by atoms with Gasteiger partial charge in [0.15, 0.2) is 6.29 Å². The number of carbonyl (C=O) groups is 1. The Morgan fingerprint density at radius 3 is 2.33 bits per heavy atom. The quantitative estimate of drug-likeness (QED) is 0.388. The number of primary amides is 1. The maximum Gasteiger partial charge on any atom is 0.234 e. The Kier molecular flexibility index (Phi) is 8.21. The van der Waals surface area contributed by atoms with Gasteiger partial charge in [0.1, 0.15) is 0 Å². The summed E-state index contributed by atoms with van der Waals surface area (Å²) in [5.74, 6) is -0.426. The summed E-state index contributed by atoms with van der Waals surface area (Å²) < 4.78 is 14.8. The average molecular weight is 220 g/mol. The largest absolute Gasteiger partial charge is 0.383 e. The average Bonchev–Trinajstić information content (AvgIpc) is 2.23. The molecule has 90 valence electrons. The van der Waals surface area contributed by atoms with E-state index in [-0.39, 0.29) is 0 Å². The van der Waals surface area contributed by atoms with Crippen LogP contribution in [0.25, 0.3) is 0 Å². The molecular formula is C9H20N2O4. The van der Waals surface area contributed by atoms with Crippen LogP contribution in [0.4, 0.5) is 0 Å². The van der Waals surface area contributed by atoms with E-state index in [1.54, 1.807) is 7.11 Å². The van der Waals surface area contributed by atoms with Crippen LogP contribution in [0, 0.1) is 0 Å². The van der Waals surface area contributed by atoms with Gasteiger partial charge in [-0.15, -0.1) is 0 Å². The first-order chi connectivity index (χ1) is 7.15. The van der Waals surface area contributed by atoms with Crippen LogP contribution in [0.2, 0.25) is 0 Å². The van der Waals surface area contributed by atoms with Crippen molar-refractivity contribution in [3.8, 4) is 0 Å². The molecule has 1 atom stereocenters. The van der Waals surface area contributed by atoms with Crippen molar-refractivity contribution in [2.45, 2.75) is 18.8 Å². The van der Waals surface area contributed by atoms with Gasteiger partial charge in [-0.2, -0.15) is 0 Å². The van der Waals surface area contributed by atoms with Crippen molar-refractivity contribution in [2.24, 2.45) is 5.73 Å². The summed E-state index contributed by atoms with van der Waals surface area (Å²) in [5, 5.41) is 2.96. The number of nitrogens with two attached hydrogens (primary N) is 1. The monoisotopic (exact) mass is 220 g/mol. The molecule has 1 unspecified atom stereocenters. The molecule has 0 aliphatic heterocycles. The van der Waals surface area contributed by atoms with E-state index in [1.165, 1.54) is 14.2 Å². The second kappa shape index (κ2) is 8.60. The molecule has 0 spiro atoms. The van der Waals surface area contributed by atoms with Gasteiger partial charge in [0.2, 0.25) is 5.91 Å². The summed E-state index contributed by atoms with van der Waals surface area (Å²) in [6, 6.07) is -0.468. The molecule has 0 aromatic carbocycles. The Morgan fingerprint density at radius 2 is 1.93 bits per heavy atom. The second-order valence-electron chi connectivity index (χ2n) is 3.04. The highest BCUT2D eigenvalue weighted by molar-refractivity contribution is 5.79. The highest BCUT2D eigenvalue weighted by atomic mass is 16.7. The number of carbonyl (C=O) groups excluding carboxylic acids is 1. The fourth-order valence-corrected chi connectivity index (χ4v) is 1.12. The minimum Gasteiger partial charge on any atom is -0.383 e. The van der Waals surface area contributed by atoms with E-state index in [0.29, 0.717) is 19.6 Å². The van der Waals surface area contributed by atoms with Crippen LogP contribution in [0.3, 0.4) is 0 Å². The topological polar surface area (TPSA) is 82.8 Å². The molecule has 0 bridgehead atoms. The van der Waals surface area contributed by atoms with Crippen molar-refractivity contribution in [3.63, 3.8) is 0 Å². The number of hydrogen-bond acceptors (Lipinski definition) is 5. The standard InChI is InChI=1S/C9H20N2O4/c1-13-5-4-11-7(9(10)12)6-8(14-2)15-3/h7-8,11H,4-6H2,1-3H3,(H2,10,12). The minimum absolute atomic E-state index is 0.381. The summed E-state index contributed by atoms with van der Waals surface area (Å²) in [5.41, 5.74) is 5.22. The van der Waals surface area contributed by atoms with Gasteiger partial charge in [-0.1, -0.05) is 0 Å². The van der Waals surface area contributed by atoms with E-state index in [4.69, 9.17) is 19.9 Å². The Hall–Kier alpha value is -0.690. The van der Waals surface area contributed by atoms with Gasteiger partial charge in [-0.25, -0.2) is 0 Å². The normalized spacial score (nSPS) is 13.1. The lowest BCUT2D eigenvalue weighted by molar-refractivity contribution is -0.130. The lowest BCUT2D eigenvalue weighted by Gasteiger charge is -2.20. The van der Waals surface area contributed by atoms with Gasteiger partial charge in [-0.3, -0.25) is 4.79 Å². The van der Waals surface area contributed by atoms with Crippen molar-refractivity contribution in [1.29, 1.82) is 0 Å². The molecule has 1 amide bonds. The van der Waals surface area contributed by atoms with Crippen LogP contribution >= 0.6 is 0 Å². The van der Waals surface area contributed by atoms with Crippen molar-refractivity contribution >= 4 is 5.91 Å². The number of methoxy groups -OCH3 is 3. The molecule has 0 aromatic heterocycles. The van der Waals surface area contributed by atoms with E-state index in [1.807, 2.05) is 0 Å². The van der Waals surface area contributed by atoms with Gasteiger partial charge < -0.3 is 25.3 Å². The van der Waals surface area contributed by atoms with Crippen LogP contribution in [-0.2, 0) is 19.0 Å².